The molecule has 2 aromatic rings. The molecule has 0 aliphatic carbocycles. The second kappa shape index (κ2) is 6.48. The number of nitrogens with one attached hydrogen (secondary N) is 2. The van der Waals surface area contributed by atoms with Gasteiger partial charge in [0.15, 0.2) is 0 Å². The normalized spacial score (nSPS) is 10.4. The van der Waals surface area contributed by atoms with E-state index >= 15 is 0 Å². The molecule has 0 atom stereocenters. The number of benzene rings is 1. The van der Waals surface area contributed by atoms with Crippen molar-refractivity contribution in [1.82, 2.24) is 15.0 Å². The number of anilines is 4. The van der Waals surface area contributed by atoms with E-state index in [0.717, 1.165) is 0 Å². The minimum Gasteiger partial charge on any atom is -0.347 e. The fourth-order valence-corrected chi connectivity index (χ4v) is 2.02. The first-order valence-corrected chi connectivity index (χ1v) is 6.85. The Morgan fingerprint density at radius 3 is 2.19 bits per heavy atom. The molecule has 1 aromatic carbocycles. The van der Waals surface area contributed by atoms with E-state index in [1.807, 2.05) is 0 Å². The number of halogens is 3. The average molecular weight is 349 g/mol. The van der Waals surface area contributed by atoms with E-state index < -0.39 is 0 Å². The topological polar surface area (TPSA) is 92.0 Å². The highest BCUT2D eigenvalue weighted by Gasteiger charge is 2.11. The molecule has 1 heterocycles. The zero-order valence-corrected chi connectivity index (χ0v) is 13.4. The largest absolute Gasteiger partial charge is 0.347 e. The van der Waals surface area contributed by atoms with Crippen molar-refractivity contribution in [2.24, 2.45) is 5.84 Å². The van der Waals surface area contributed by atoms with E-state index in [1.165, 1.54) is 6.07 Å². The van der Waals surface area contributed by atoms with Crippen LogP contribution in [0.2, 0.25) is 15.1 Å². The summed E-state index contributed by atoms with van der Waals surface area (Å²) in [5.41, 5.74) is 2.89. The molecule has 21 heavy (non-hydrogen) atoms. The van der Waals surface area contributed by atoms with E-state index in [1.54, 1.807) is 25.1 Å². The zero-order valence-electron chi connectivity index (χ0n) is 11.2. The van der Waals surface area contributed by atoms with Gasteiger partial charge in [0.25, 0.3) is 0 Å². The summed E-state index contributed by atoms with van der Waals surface area (Å²) in [6.45, 7) is 0. The van der Waals surface area contributed by atoms with E-state index in [-0.39, 0.29) is 11.9 Å². The van der Waals surface area contributed by atoms with Crippen molar-refractivity contribution in [3.8, 4) is 0 Å². The number of rotatable bonds is 4. The van der Waals surface area contributed by atoms with Gasteiger partial charge in [0.2, 0.25) is 17.8 Å². The van der Waals surface area contributed by atoms with Gasteiger partial charge in [0, 0.05) is 14.1 Å². The SMILES string of the molecule is CN(C)c1nc(NN)nc(Nc2cc(Cl)c(Cl)cc2Cl)n1. The molecule has 1 aromatic heterocycles. The van der Waals surface area contributed by atoms with Crippen LogP contribution in [-0.2, 0) is 0 Å². The lowest BCUT2D eigenvalue weighted by Crippen LogP contribution is -2.18. The van der Waals surface area contributed by atoms with Crippen LogP contribution in [0.4, 0.5) is 23.5 Å². The lowest BCUT2D eigenvalue weighted by atomic mass is 10.3. The molecule has 4 N–H and O–H groups in total. The maximum absolute atomic E-state index is 6.10. The van der Waals surface area contributed by atoms with Gasteiger partial charge in [-0.05, 0) is 12.1 Å². The van der Waals surface area contributed by atoms with E-state index in [9.17, 15) is 0 Å². The van der Waals surface area contributed by atoms with Crippen molar-refractivity contribution >= 4 is 58.3 Å². The molecule has 0 bridgehead atoms. The molecule has 0 radical (unpaired) electrons. The summed E-state index contributed by atoms with van der Waals surface area (Å²) in [4.78, 5) is 14.1. The van der Waals surface area contributed by atoms with Crippen LogP contribution in [0.1, 0.15) is 0 Å². The van der Waals surface area contributed by atoms with E-state index in [2.05, 4.69) is 25.7 Å². The summed E-state index contributed by atoms with van der Waals surface area (Å²) >= 11 is 18.0. The molecular formula is C11H12Cl3N7. The van der Waals surface area contributed by atoms with Crippen molar-refractivity contribution in [2.45, 2.75) is 0 Å². The van der Waals surface area contributed by atoms with Crippen molar-refractivity contribution in [3.63, 3.8) is 0 Å². The smallest absolute Gasteiger partial charge is 0.243 e. The predicted molar refractivity (Wildman–Crippen MR) is 86.7 cm³/mol. The molecule has 112 valence electrons. The van der Waals surface area contributed by atoms with Gasteiger partial charge < -0.3 is 10.2 Å². The van der Waals surface area contributed by atoms with E-state index in [0.29, 0.717) is 26.7 Å². The van der Waals surface area contributed by atoms with Gasteiger partial charge in [-0.3, -0.25) is 5.43 Å². The average Bonchev–Trinajstić information content (AvgIpc) is 2.44. The molecule has 0 saturated heterocycles. The summed E-state index contributed by atoms with van der Waals surface area (Å²) in [5.74, 6) is 6.25. The fourth-order valence-electron chi connectivity index (χ4n) is 1.42. The number of nitrogen functional groups attached to an aromatic ring is 1. The van der Waals surface area contributed by atoms with Crippen LogP contribution in [0.15, 0.2) is 12.1 Å². The van der Waals surface area contributed by atoms with Crippen LogP contribution in [0.3, 0.4) is 0 Å². The highest BCUT2D eigenvalue weighted by atomic mass is 35.5. The number of nitrogens with zero attached hydrogens (tertiary/aromatic N) is 4. The molecular weight excluding hydrogens is 337 g/mol. The third-order valence-electron chi connectivity index (χ3n) is 2.41. The van der Waals surface area contributed by atoms with Gasteiger partial charge in [-0.25, -0.2) is 5.84 Å². The van der Waals surface area contributed by atoms with Crippen LogP contribution in [-0.4, -0.2) is 29.0 Å². The van der Waals surface area contributed by atoms with Crippen LogP contribution >= 0.6 is 34.8 Å². The number of hydrogen-bond donors (Lipinski definition) is 3. The lowest BCUT2D eigenvalue weighted by Gasteiger charge is -2.14. The van der Waals surface area contributed by atoms with Gasteiger partial charge in [-0.1, -0.05) is 34.8 Å². The van der Waals surface area contributed by atoms with Gasteiger partial charge in [-0.2, -0.15) is 15.0 Å². The Morgan fingerprint density at radius 2 is 1.57 bits per heavy atom. The van der Waals surface area contributed by atoms with E-state index in [4.69, 9.17) is 40.6 Å². The number of hydrogen-bond acceptors (Lipinski definition) is 7. The summed E-state index contributed by atoms with van der Waals surface area (Å²) in [5, 5.41) is 4.06. The standard InChI is InChI=1S/C11H12Cl3N7/c1-21(2)11-18-9(17-10(19-11)20-15)16-8-4-6(13)5(12)3-7(8)14/h3-4H,15H2,1-2H3,(H2,16,17,18,19,20). The lowest BCUT2D eigenvalue weighted by molar-refractivity contribution is 0.957. The Morgan fingerprint density at radius 1 is 0.952 bits per heavy atom. The minimum absolute atomic E-state index is 0.215. The van der Waals surface area contributed by atoms with Crippen molar-refractivity contribution < 1.29 is 0 Å². The first kappa shape index (κ1) is 15.8. The molecule has 0 amide bonds. The van der Waals surface area contributed by atoms with Gasteiger partial charge in [0.05, 0.1) is 20.8 Å². The molecule has 7 nitrogen and oxygen atoms in total. The zero-order chi connectivity index (χ0) is 15.6. The Hall–Kier alpha value is -1.54. The first-order chi connectivity index (χ1) is 9.90. The third-order valence-corrected chi connectivity index (χ3v) is 3.44. The summed E-state index contributed by atoms with van der Waals surface area (Å²) in [7, 11) is 3.59. The maximum Gasteiger partial charge on any atom is 0.243 e. The predicted octanol–water partition coefficient (Wildman–Crippen LogP) is 2.93. The Kier molecular flexibility index (Phi) is 4.89. The number of nitrogens with two attached hydrogens (primary N) is 1. The summed E-state index contributed by atoms with van der Waals surface area (Å²) in [6, 6.07) is 3.12. The highest BCUT2D eigenvalue weighted by Crippen LogP contribution is 2.33. The third kappa shape index (κ3) is 3.76. The van der Waals surface area contributed by atoms with Crippen LogP contribution in [0, 0.1) is 0 Å². The molecule has 2 rings (SSSR count). The second-order valence-corrected chi connectivity index (χ2v) is 5.41. The first-order valence-electron chi connectivity index (χ1n) is 5.72. The molecule has 0 unspecified atom stereocenters. The Labute approximate surface area is 136 Å². The second-order valence-electron chi connectivity index (χ2n) is 4.19. The van der Waals surface area contributed by atoms with Crippen LogP contribution in [0.5, 0.6) is 0 Å². The molecule has 0 fully saturated rings. The summed E-state index contributed by atoms with van der Waals surface area (Å²) < 4.78 is 0. The van der Waals surface area contributed by atoms with Crippen molar-refractivity contribution in [3.05, 3.63) is 27.2 Å². The summed E-state index contributed by atoms with van der Waals surface area (Å²) in [6.07, 6.45) is 0. The molecule has 0 aliphatic heterocycles. The molecule has 0 aliphatic rings. The van der Waals surface area contributed by atoms with Gasteiger partial charge >= 0.3 is 0 Å². The van der Waals surface area contributed by atoms with Crippen LogP contribution < -0.4 is 21.5 Å². The van der Waals surface area contributed by atoms with Crippen molar-refractivity contribution in [1.29, 1.82) is 0 Å². The number of aromatic nitrogens is 3. The fraction of sp³-hybridized carbons (Fsp3) is 0.182. The Balaban J connectivity index is 2.39. The monoisotopic (exact) mass is 347 g/mol. The Bertz CT molecular complexity index is 663. The quantitative estimate of drug-likeness (QED) is 0.444. The van der Waals surface area contributed by atoms with Crippen molar-refractivity contribution in [2.75, 3.05) is 29.7 Å². The van der Waals surface area contributed by atoms with Crippen LogP contribution in [0.25, 0.3) is 0 Å². The minimum atomic E-state index is 0.215. The maximum atomic E-state index is 6.10. The molecule has 0 saturated carbocycles. The molecule has 0 spiro atoms. The number of hydrazine groups is 1. The van der Waals surface area contributed by atoms with Gasteiger partial charge in [0.1, 0.15) is 0 Å². The van der Waals surface area contributed by atoms with Gasteiger partial charge in [-0.15, -0.1) is 0 Å². The molecule has 10 heteroatoms. The highest BCUT2D eigenvalue weighted by molar-refractivity contribution is 6.44.